The summed E-state index contributed by atoms with van der Waals surface area (Å²) in [5.41, 5.74) is 2.45. The van der Waals surface area contributed by atoms with Crippen molar-refractivity contribution in [3.63, 3.8) is 0 Å². The minimum absolute atomic E-state index is 0.196. The van der Waals surface area contributed by atoms with Gasteiger partial charge in [-0.3, -0.25) is 9.78 Å². The number of amides is 1. The van der Waals surface area contributed by atoms with Gasteiger partial charge in [0, 0.05) is 29.0 Å². The Morgan fingerprint density at radius 2 is 1.89 bits per heavy atom. The molecule has 0 atom stereocenters. The van der Waals surface area contributed by atoms with Gasteiger partial charge in [0.15, 0.2) is 16.6 Å². The van der Waals surface area contributed by atoms with Crippen molar-refractivity contribution in [2.45, 2.75) is 0 Å². The normalized spacial score (nSPS) is 12.1. The van der Waals surface area contributed by atoms with E-state index >= 15 is 0 Å². The fourth-order valence-corrected chi connectivity index (χ4v) is 3.61. The van der Waals surface area contributed by atoms with Crippen LogP contribution in [0.15, 0.2) is 60.9 Å². The van der Waals surface area contributed by atoms with Crippen LogP contribution in [0.25, 0.3) is 10.9 Å². The van der Waals surface area contributed by atoms with Gasteiger partial charge in [-0.2, -0.15) is 0 Å². The number of carbonyl (C=O) groups is 1. The molecule has 0 fully saturated rings. The van der Waals surface area contributed by atoms with Crippen molar-refractivity contribution >= 4 is 44.7 Å². The van der Waals surface area contributed by atoms with Crippen molar-refractivity contribution < 1.29 is 14.3 Å². The zero-order valence-corrected chi connectivity index (χ0v) is 15.3. The molecule has 138 valence electrons. The maximum atomic E-state index is 12.5. The highest BCUT2D eigenvalue weighted by Crippen LogP contribution is 2.34. The van der Waals surface area contributed by atoms with E-state index in [0.717, 1.165) is 16.6 Å². The van der Waals surface area contributed by atoms with Gasteiger partial charge in [0.05, 0.1) is 11.7 Å². The van der Waals surface area contributed by atoms with Gasteiger partial charge in [-0.25, -0.2) is 4.98 Å². The molecule has 5 rings (SSSR count). The summed E-state index contributed by atoms with van der Waals surface area (Å²) in [5, 5.41) is 7.75. The molecule has 2 aromatic heterocycles. The summed E-state index contributed by atoms with van der Waals surface area (Å²) >= 11 is 1.28. The number of thiazole rings is 1. The zero-order chi connectivity index (χ0) is 18.9. The van der Waals surface area contributed by atoms with Crippen molar-refractivity contribution in [3.8, 4) is 11.5 Å². The Hall–Kier alpha value is -3.65. The molecule has 0 spiro atoms. The van der Waals surface area contributed by atoms with E-state index in [1.54, 1.807) is 30.6 Å². The van der Waals surface area contributed by atoms with Crippen molar-refractivity contribution in [2.75, 3.05) is 17.4 Å². The van der Waals surface area contributed by atoms with Gasteiger partial charge in [-0.1, -0.05) is 17.4 Å². The first-order valence-corrected chi connectivity index (χ1v) is 9.35. The summed E-state index contributed by atoms with van der Waals surface area (Å²) in [4.78, 5) is 21.6. The number of hydrogen-bond donors (Lipinski definition) is 2. The highest BCUT2D eigenvalue weighted by molar-refractivity contribution is 7.17. The van der Waals surface area contributed by atoms with E-state index in [-0.39, 0.29) is 12.7 Å². The summed E-state index contributed by atoms with van der Waals surface area (Å²) in [6.45, 7) is 0.196. The minimum Gasteiger partial charge on any atom is -0.454 e. The second-order valence-electron chi connectivity index (χ2n) is 6.09. The lowest BCUT2D eigenvalue weighted by Crippen LogP contribution is -2.09. The molecule has 0 aliphatic carbocycles. The van der Waals surface area contributed by atoms with Gasteiger partial charge in [-0.05, 0) is 36.4 Å². The number of ether oxygens (including phenoxy) is 2. The molecule has 1 aliphatic rings. The predicted octanol–water partition coefficient (Wildman–Crippen LogP) is 4.42. The van der Waals surface area contributed by atoms with E-state index < -0.39 is 0 Å². The van der Waals surface area contributed by atoms with Crippen LogP contribution < -0.4 is 20.1 Å². The van der Waals surface area contributed by atoms with Crippen LogP contribution in [-0.2, 0) is 0 Å². The number of hydrogen-bond acceptors (Lipinski definition) is 7. The van der Waals surface area contributed by atoms with E-state index in [0.29, 0.717) is 27.2 Å². The molecule has 0 saturated carbocycles. The van der Waals surface area contributed by atoms with E-state index in [1.165, 1.54) is 11.3 Å². The number of nitrogens with zero attached hydrogens (tertiary/aromatic N) is 2. The van der Waals surface area contributed by atoms with Crippen molar-refractivity contribution in [2.24, 2.45) is 0 Å². The van der Waals surface area contributed by atoms with Crippen molar-refractivity contribution in [1.29, 1.82) is 0 Å². The standard InChI is InChI=1S/C20H14N4O3S/c25-19(23-14-4-6-16-17(9-14)27-11-26-16)18-10-22-20(28-18)24-13-3-5-15-12(8-13)2-1-7-21-15/h1-10H,11H2,(H,22,24)(H,23,25). The number of rotatable bonds is 4. The average molecular weight is 390 g/mol. The van der Waals surface area contributed by atoms with Crippen molar-refractivity contribution in [3.05, 3.63) is 65.8 Å². The first-order valence-electron chi connectivity index (χ1n) is 8.53. The Kier molecular flexibility index (Phi) is 4.02. The summed E-state index contributed by atoms with van der Waals surface area (Å²) in [7, 11) is 0. The topological polar surface area (TPSA) is 85.4 Å². The van der Waals surface area contributed by atoms with E-state index in [9.17, 15) is 4.79 Å². The molecule has 0 unspecified atom stereocenters. The molecule has 7 nitrogen and oxygen atoms in total. The SMILES string of the molecule is O=C(Nc1ccc2c(c1)OCO2)c1cnc(Nc2ccc3ncccc3c2)s1. The van der Waals surface area contributed by atoms with Gasteiger partial charge >= 0.3 is 0 Å². The molecule has 1 amide bonds. The highest BCUT2D eigenvalue weighted by Gasteiger charge is 2.16. The third-order valence-electron chi connectivity index (χ3n) is 4.21. The van der Waals surface area contributed by atoms with Gasteiger partial charge in [-0.15, -0.1) is 0 Å². The van der Waals surface area contributed by atoms with Crippen LogP contribution in [0.4, 0.5) is 16.5 Å². The predicted molar refractivity (Wildman–Crippen MR) is 108 cm³/mol. The molecular formula is C20H14N4O3S. The number of aromatic nitrogens is 2. The van der Waals surface area contributed by atoms with Crippen LogP contribution in [-0.4, -0.2) is 22.7 Å². The highest BCUT2D eigenvalue weighted by atomic mass is 32.1. The third-order valence-corrected chi connectivity index (χ3v) is 5.13. The van der Waals surface area contributed by atoms with Crippen LogP contribution in [0.2, 0.25) is 0 Å². The monoisotopic (exact) mass is 390 g/mol. The van der Waals surface area contributed by atoms with Gasteiger partial charge in [0.25, 0.3) is 5.91 Å². The van der Waals surface area contributed by atoms with Crippen LogP contribution in [0.5, 0.6) is 11.5 Å². The molecule has 0 saturated heterocycles. The molecule has 3 heterocycles. The fraction of sp³-hybridized carbons (Fsp3) is 0.0500. The Bertz CT molecular complexity index is 1190. The Morgan fingerprint density at radius 3 is 2.86 bits per heavy atom. The van der Waals surface area contributed by atoms with E-state index in [4.69, 9.17) is 9.47 Å². The Balaban J connectivity index is 1.30. The average Bonchev–Trinajstić information content (AvgIpc) is 3.37. The third kappa shape index (κ3) is 3.21. The molecule has 8 heteroatoms. The first-order chi connectivity index (χ1) is 13.7. The number of nitrogens with one attached hydrogen (secondary N) is 2. The van der Waals surface area contributed by atoms with Gasteiger partial charge in [0.1, 0.15) is 4.88 Å². The lowest BCUT2D eigenvalue weighted by atomic mass is 10.2. The second kappa shape index (κ2) is 6.82. The summed E-state index contributed by atoms with van der Waals surface area (Å²) in [5.74, 6) is 1.07. The number of carbonyl (C=O) groups excluding carboxylic acids is 1. The number of fused-ring (bicyclic) bond motifs is 2. The molecule has 0 radical (unpaired) electrons. The molecule has 2 N–H and O–H groups in total. The smallest absolute Gasteiger partial charge is 0.267 e. The summed E-state index contributed by atoms with van der Waals surface area (Å²) in [6.07, 6.45) is 3.32. The van der Waals surface area contributed by atoms with Crippen LogP contribution in [0.3, 0.4) is 0 Å². The largest absolute Gasteiger partial charge is 0.454 e. The number of benzene rings is 2. The second-order valence-corrected chi connectivity index (χ2v) is 7.12. The quantitative estimate of drug-likeness (QED) is 0.537. The summed E-state index contributed by atoms with van der Waals surface area (Å²) in [6, 6.07) is 15.1. The van der Waals surface area contributed by atoms with E-state index in [1.807, 2.05) is 30.3 Å². The summed E-state index contributed by atoms with van der Waals surface area (Å²) < 4.78 is 10.6. The Morgan fingerprint density at radius 1 is 1.00 bits per heavy atom. The maximum Gasteiger partial charge on any atom is 0.267 e. The van der Waals surface area contributed by atoms with E-state index in [2.05, 4.69) is 20.6 Å². The number of anilines is 3. The fourth-order valence-electron chi connectivity index (χ4n) is 2.88. The first kappa shape index (κ1) is 16.5. The molecule has 1 aliphatic heterocycles. The minimum atomic E-state index is -0.230. The lowest BCUT2D eigenvalue weighted by molar-refractivity contribution is 0.103. The maximum absolute atomic E-state index is 12.5. The number of pyridine rings is 1. The molecule has 2 aromatic carbocycles. The molecule has 0 bridgehead atoms. The van der Waals surface area contributed by atoms with Crippen molar-refractivity contribution in [1.82, 2.24) is 9.97 Å². The molecule has 4 aromatic rings. The van der Waals surface area contributed by atoms with Crippen LogP contribution in [0, 0.1) is 0 Å². The zero-order valence-electron chi connectivity index (χ0n) is 14.5. The molecule has 28 heavy (non-hydrogen) atoms. The lowest BCUT2D eigenvalue weighted by Gasteiger charge is -2.05. The van der Waals surface area contributed by atoms with Gasteiger partial charge in [0.2, 0.25) is 6.79 Å². The molecular weight excluding hydrogens is 376 g/mol. The van der Waals surface area contributed by atoms with Crippen LogP contribution in [0.1, 0.15) is 9.67 Å². The van der Waals surface area contributed by atoms with Gasteiger partial charge < -0.3 is 20.1 Å². The Labute approximate surface area is 164 Å². The van der Waals surface area contributed by atoms with Crippen LogP contribution >= 0.6 is 11.3 Å².